The maximum atomic E-state index is 13.0. The van der Waals surface area contributed by atoms with Gasteiger partial charge in [-0.1, -0.05) is 24.8 Å². The summed E-state index contributed by atoms with van der Waals surface area (Å²) in [6.07, 6.45) is 9.55. The monoisotopic (exact) mass is 382 g/mol. The van der Waals surface area contributed by atoms with Crippen LogP contribution in [0.25, 0.3) is 0 Å². The molecule has 5 rings (SSSR count). The summed E-state index contributed by atoms with van der Waals surface area (Å²) in [4.78, 5) is 15.2. The van der Waals surface area contributed by atoms with Crippen molar-refractivity contribution in [2.45, 2.75) is 63.6 Å². The minimum atomic E-state index is -0.135. The van der Waals surface area contributed by atoms with Gasteiger partial charge < -0.3 is 10.1 Å². The number of carbonyl (C=O) groups is 1. The highest BCUT2D eigenvalue weighted by atomic mass is 16.5. The first-order valence-corrected chi connectivity index (χ1v) is 10.8. The number of benzene rings is 1. The Morgan fingerprint density at radius 2 is 1.79 bits per heavy atom. The second-order valence-corrected chi connectivity index (χ2v) is 9.52. The van der Waals surface area contributed by atoms with E-state index in [1.54, 1.807) is 6.08 Å². The fraction of sp³-hybridized carbons (Fsp3) is 0.625. The van der Waals surface area contributed by atoms with Crippen LogP contribution in [0, 0.1) is 17.8 Å². The van der Waals surface area contributed by atoms with Crippen LogP contribution in [0.5, 0.6) is 5.75 Å². The molecule has 0 aromatic heterocycles. The Morgan fingerprint density at radius 1 is 1.21 bits per heavy atom. The standard InChI is InChI=1S/C24H34N2O2/c1-4-9-28-22-7-5-18(6-8-22)16-26(3)17(2)23(27)25-24-13-19-10-20(14-24)12-21(11-19)15-24/h4-8,17,19-21H,1,9-16H2,2-3H3,(H,25,27)/t17-,19?,20?,21?,24?/m1/s1. The molecule has 4 aliphatic carbocycles. The molecule has 1 aromatic rings. The van der Waals surface area contributed by atoms with Crippen molar-refractivity contribution >= 4 is 5.91 Å². The van der Waals surface area contributed by atoms with E-state index in [1.807, 2.05) is 26.1 Å². The van der Waals surface area contributed by atoms with E-state index < -0.39 is 0 Å². The lowest BCUT2D eigenvalue weighted by Gasteiger charge is -2.57. The number of ether oxygens (including phenoxy) is 1. The van der Waals surface area contributed by atoms with E-state index in [0.29, 0.717) is 6.61 Å². The summed E-state index contributed by atoms with van der Waals surface area (Å²) in [7, 11) is 2.03. The second-order valence-electron chi connectivity index (χ2n) is 9.52. The van der Waals surface area contributed by atoms with Crippen molar-refractivity contribution < 1.29 is 9.53 Å². The molecular formula is C24H34N2O2. The molecule has 1 aromatic carbocycles. The zero-order valence-electron chi connectivity index (χ0n) is 17.3. The quantitative estimate of drug-likeness (QED) is 0.687. The van der Waals surface area contributed by atoms with Crippen LogP contribution in [0.1, 0.15) is 51.0 Å². The molecule has 1 amide bonds. The Labute approximate surface area is 169 Å². The van der Waals surface area contributed by atoms with Gasteiger partial charge in [-0.3, -0.25) is 9.69 Å². The summed E-state index contributed by atoms with van der Waals surface area (Å²) in [5.74, 6) is 3.58. The highest BCUT2D eigenvalue weighted by molar-refractivity contribution is 5.82. The van der Waals surface area contributed by atoms with Crippen LogP contribution in [0.3, 0.4) is 0 Å². The fourth-order valence-electron chi connectivity index (χ4n) is 6.10. The molecule has 0 saturated heterocycles. The van der Waals surface area contributed by atoms with Gasteiger partial charge in [0.15, 0.2) is 0 Å². The van der Waals surface area contributed by atoms with E-state index in [9.17, 15) is 4.79 Å². The third-order valence-electron chi connectivity index (χ3n) is 7.19. The molecule has 4 saturated carbocycles. The second kappa shape index (κ2) is 7.90. The number of nitrogens with zero attached hydrogens (tertiary/aromatic N) is 1. The predicted molar refractivity (Wildman–Crippen MR) is 112 cm³/mol. The molecule has 0 aliphatic heterocycles. The summed E-state index contributed by atoms with van der Waals surface area (Å²) >= 11 is 0. The Hall–Kier alpha value is -1.81. The maximum absolute atomic E-state index is 13.0. The highest BCUT2D eigenvalue weighted by Crippen LogP contribution is 2.55. The SMILES string of the molecule is C=CCOc1ccc(CN(C)[C@H](C)C(=O)NC23CC4CC(CC(C4)C2)C3)cc1. The van der Waals surface area contributed by atoms with Crippen molar-refractivity contribution in [2.24, 2.45) is 17.8 Å². The van der Waals surface area contributed by atoms with Crippen molar-refractivity contribution in [1.29, 1.82) is 0 Å². The molecule has 4 heteroatoms. The topological polar surface area (TPSA) is 41.6 Å². The van der Waals surface area contributed by atoms with Crippen molar-refractivity contribution in [2.75, 3.05) is 13.7 Å². The van der Waals surface area contributed by atoms with Gasteiger partial charge in [-0.05, 0) is 87.9 Å². The van der Waals surface area contributed by atoms with Crippen LogP contribution >= 0.6 is 0 Å². The predicted octanol–water partition coefficient (Wildman–Crippen LogP) is 4.16. The van der Waals surface area contributed by atoms with E-state index in [2.05, 4.69) is 28.9 Å². The first-order valence-electron chi connectivity index (χ1n) is 10.8. The number of likely N-dealkylation sites (N-methyl/N-ethyl adjacent to an activating group) is 1. The number of amides is 1. The Balaban J connectivity index is 1.33. The average molecular weight is 383 g/mol. The molecule has 152 valence electrons. The maximum Gasteiger partial charge on any atom is 0.237 e. The van der Waals surface area contributed by atoms with Crippen molar-refractivity contribution in [3.63, 3.8) is 0 Å². The van der Waals surface area contributed by atoms with Crippen LogP contribution in [0.15, 0.2) is 36.9 Å². The molecule has 0 heterocycles. The van der Waals surface area contributed by atoms with Gasteiger partial charge >= 0.3 is 0 Å². The average Bonchev–Trinajstić information content (AvgIpc) is 2.65. The van der Waals surface area contributed by atoms with Gasteiger partial charge in [0.1, 0.15) is 12.4 Å². The number of hydrogen-bond donors (Lipinski definition) is 1. The third-order valence-corrected chi connectivity index (χ3v) is 7.19. The van der Waals surface area contributed by atoms with E-state index in [0.717, 1.165) is 30.0 Å². The van der Waals surface area contributed by atoms with Crippen LogP contribution in [0.4, 0.5) is 0 Å². The van der Waals surface area contributed by atoms with Gasteiger partial charge in [0.2, 0.25) is 5.91 Å². The summed E-state index contributed by atoms with van der Waals surface area (Å²) in [5, 5.41) is 3.51. The lowest BCUT2D eigenvalue weighted by molar-refractivity contribution is -0.131. The molecule has 1 N–H and O–H groups in total. The van der Waals surface area contributed by atoms with Gasteiger partial charge in [-0.15, -0.1) is 0 Å². The minimum Gasteiger partial charge on any atom is -0.490 e. The van der Waals surface area contributed by atoms with Crippen LogP contribution in [-0.2, 0) is 11.3 Å². The van der Waals surface area contributed by atoms with E-state index >= 15 is 0 Å². The normalized spacial score (nSPS) is 31.6. The molecule has 28 heavy (non-hydrogen) atoms. The molecule has 1 atom stereocenters. The van der Waals surface area contributed by atoms with Gasteiger partial charge in [0, 0.05) is 12.1 Å². The first-order chi connectivity index (χ1) is 13.5. The lowest BCUT2D eigenvalue weighted by Crippen LogP contribution is -2.62. The summed E-state index contributed by atoms with van der Waals surface area (Å²) < 4.78 is 5.54. The third kappa shape index (κ3) is 4.12. The lowest BCUT2D eigenvalue weighted by atomic mass is 9.53. The van der Waals surface area contributed by atoms with E-state index in [-0.39, 0.29) is 17.5 Å². The van der Waals surface area contributed by atoms with Crippen molar-refractivity contribution in [3.8, 4) is 5.75 Å². The van der Waals surface area contributed by atoms with Gasteiger partial charge in [0.05, 0.1) is 6.04 Å². The van der Waals surface area contributed by atoms with Crippen molar-refractivity contribution in [3.05, 3.63) is 42.5 Å². The summed E-state index contributed by atoms with van der Waals surface area (Å²) in [5.41, 5.74) is 1.27. The molecular weight excluding hydrogens is 348 g/mol. The minimum absolute atomic E-state index is 0.0884. The number of nitrogens with one attached hydrogen (secondary N) is 1. The summed E-state index contributed by atoms with van der Waals surface area (Å²) in [6.45, 7) is 6.95. The first kappa shape index (κ1) is 19.5. The Kier molecular flexibility index (Phi) is 5.50. The van der Waals surface area contributed by atoms with Crippen molar-refractivity contribution in [1.82, 2.24) is 10.2 Å². The Bertz CT molecular complexity index is 677. The van der Waals surface area contributed by atoms with Crippen LogP contribution in [0.2, 0.25) is 0 Å². The molecule has 4 aliphatic rings. The van der Waals surface area contributed by atoms with E-state index in [1.165, 1.54) is 44.1 Å². The number of carbonyl (C=O) groups excluding carboxylic acids is 1. The zero-order chi connectivity index (χ0) is 19.7. The van der Waals surface area contributed by atoms with Gasteiger partial charge in [-0.25, -0.2) is 0 Å². The largest absolute Gasteiger partial charge is 0.490 e. The number of hydrogen-bond acceptors (Lipinski definition) is 3. The zero-order valence-corrected chi connectivity index (χ0v) is 17.3. The van der Waals surface area contributed by atoms with Crippen LogP contribution in [-0.4, -0.2) is 36.0 Å². The van der Waals surface area contributed by atoms with Gasteiger partial charge in [-0.2, -0.15) is 0 Å². The molecule has 0 spiro atoms. The van der Waals surface area contributed by atoms with Gasteiger partial charge in [0.25, 0.3) is 0 Å². The molecule has 4 nitrogen and oxygen atoms in total. The van der Waals surface area contributed by atoms with Crippen LogP contribution < -0.4 is 10.1 Å². The smallest absolute Gasteiger partial charge is 0.237 e. The fourth-order valence-corrected chi connectivity index (χ4v) is 6.10. The molecule has 4 fully saturated rings. The molecule has 0 radical (unpaired) electrons. The highest BCUT2D eigenvalue weighted by Gasteiger charge is 2.51. The molecule has 0 unspecified atom stereocenters. The summed E-state index contributed by atoms with van der Waals surface area (Å²) in [6, 6.07) is 7.96. The number of rotatable bonds is 8. The van der Waals surface area contributed by atoms with E-state index in [4.69, 9.17) is 4.74 Å². The molecule has 4 bridgehead atoms. The Morgan fingerprint density at radius 3 is 2.32 bits per heavy atom.